The summed E-state index contributed by atoms with van der Waals surface area (Å²) in [6, 6.07) is 23.3. The van der Waals surface area contributed by atoms with Gasteiger partial charge in [-0.3, -0.25) is 10.2 Å². The van der Waals surface area contributed by atoms with Crippen molar-refractivity contribution < 1.29 is 9.90 Å². The van der Waals surface area contributed by atoms with Crippen molar-refractivity contribution in [1.29, 1.82) is 0 Å². The van der Waals surface area contributed by atoms with Crippen LogP contribution in [0.1, 0.15) is 22.8 Å². The Kier molecular flexibility index (Phi) is 8.67. The number of thioether (sulfide) groups is 1. The Morgan fingerprint density at radius 2 is 1.61 bits per heavy atom. The standard InChI is InChI=1S/C25H23N5O2S/c1-18(15-24(32)19-9-5-3-6-10-19)27-30-25(33-2)26-17-20-16-22(13-14-23(20)31)29-28-21-11-7-4-8-12-21/h3-17,27,31H,1-2H3/b18-15?,26-17+,29-28?,30-25+. The number of hydrazone groups is 1. The predicted molar refractivity (Wildman–Crippen MR) is 135 cm³/mol. The molecule has 0 aliphatic heterocycles. The second kappa shape index (κ2) is 12.1. The molecule has 3 rings (SSSR count). The number of nitrogens with one attached hydrogen (secondary N) is 1. The number of azo groups is 1. The van der Waals surface area contributed by atoms with Crippen LogP contribution in [0.25, 0.3) is 0 Å². The molecule has 0 atom stereocenters. The average Bonchev–Trinajstić information content (AvgIpc) is 2.85. The molecule has 0 bridgehead atoms. The Morgan fingerprint density at radius 3 is 2.30 bits per heavy atom. The van der Waals surface area contributed by atoms with Gasteiger partial charge in [-0.1, -0.05) is 60.3 Å². The fraction of sp³-hybridized carbons (Fsp3) is 0.0800. The highest BCUT2D eigenvalue weighted by molar-refractivity contribution is 8.13. The van der Waals surface area contributed by atoms with Gasteiger partial charge in [-0.25, -0.2) is 4.99 Å². The SMILES string of the molecule is CSC(/N=C/c1cc(N=Nc2ccccc2)ccc1O)=N/NC(C)=CC(=O)c1ccccc1. The molecular formula is C25H23N5O2S. The van der Waals surface area contributed by atoms with Crippen LogP contribution in [-0.2, 0) is 0 Å². The van der Waals surface area contributed by atoms with Gasteiger partial charge in [0.05, 0.1) is 11.4 Å². The second-order valence-corrected chi connectivity index (χ2v) is 7.58. The molecule has 0 amide bonds. The normalized spacial score (nSPS) is 12.4. The van der Waals surface area contributed by atoms with E-state index in [1.54, 1.807) is 31.2 Å². The maximum atomic E-state index is 12.2. The van der Waals surface area contributed by atoms with Gasteiger partial charge < -0.3 is 5.11 Å². The smallest absolute Gasteiger partial charge is 0.206 e. The number of carbonyl (C=O) groups is 1. The summed E-state index contributed by atoms with van der Waals surface area (Å²) in [5.41, 5.74) is 5.81. The first kappa shape index (κ1) is 23.6. The highest BCUT2D eigenvalue weighted by Gasteiger charge is 2.03. The van der Waals surface area contributed by atoms with E-state index < -0.39 is 0 Å². The maximum Gasteiger partial charge on any atom is 0.206 e. The molecule has 0 aromatic heterocycles. The van der Waals surface area contributed by atoms with Crippen LogP contribution < -0.4 is 5.43 Å². The molecule has 0 spiro atoms. The summed E-state index contributed by atoms with van der Waals surface area (Å²) in [5.74, 6) is -0.0493. The van der Waals surface area contributed by atoms with Crippen LogP contribution in [0.3, 0.4) is 0 Å². The Labute approximate surface area is 196 Å². The number of aromatic hydroxyl groups is 1. The van der Waals surface area contributed by atoms with E-state index in [1.165, 1.54) is 30.1 Å². The van der Waals surface area contributed by atoms with Crippen molar-refractivity contribution >= 4 is 40.3 Å². The number of allylic oxidation sites excluding steroid dienone is 2. The van der Waals surface area contributed by atoms with Crippen molar-refractivity contribution in [2.24, 2.45) is 20.3 Å². The van der Waals surface area contributed by atoms with E-state index in [4.69, 9.17) is 0 Å². The van der Waals surface area contributed by atoms with E-state index in [2.05, 4.69) is 25.7 Å². The van der Waals surface area contributed by atoms with E-state index >= 15 is 0 Å². The Morgan fingerprint density at radius 1 is 0.939 bits per heavy atom. The average molecular weight is 458 g/mol. The van der Waals surface area contributed by atoms with Crippen molar-refractivity contribution in [1.82, 2.24) is 5.43 Å². The number of carbonyl (C=O) groups excluding carboxylic acids is 1. The minimum absolute atomic E-state index is 0.0651. The lowest BCUT2D eigenvalue weighted by atomic mass is 10.1. The minimum atomic E-state index is -0.114. The number of aliphatic imine (C=N–C) groups is 1. The molecule has 3 aromatic carbocycles. The number of ketones is 1. The highest BCUT2D eigenvalue weighted by atomic mass is 32.2. The molecule has 166 valence electrons. The number of amidine groups is 1. The maximum absolute atomic E-state index is 12.2. The second-order valence-electron chi connectivity index (χ2n) is 6.80. The Balaban J connectivity index is 1.69. The molecule has 2 N–H and O–H groups in total. The van der Waals surface area contributed by atoms with E-state index in [-0.39, 0.29) is 11.5 Å². The van der Waals surface area contributed by atoms with Crippen LogP contribution in [0.2, 0.25) is 0 Å². The largest absolute Gasteiger partial charge is 0.507 e. The molecule has 0 unspecified atom stereocenters. The lowest BCUT2D eigenvalue weighted by molar-refractivity contribution is 0.104. The molecule has 0 radical (unpaired) electrons. The van der Waals surface area contributed by atoms with Gasteiger partial charge in [0.1, 0.15) is 5.75 Å². The molecular weight excluding hydrogens is 434 g/mol. The van der Waals surface area contributed by atoms with Gasteiger partial charge in [-0.2, -0.15) is 10.2 Å². The molecule has 0 aliphatic carbocycles. The number of rotatable bonds is 7. The lowest BCUT2D eigenvalue weighted by Crippen LogP contribution is -2.07. The van der Waals surface area contributed by atoms with Crippen molar-refractivity contribution in [3.05, 3.63) is 102 Å². The van der Waals surface area contributed by atoms with Gasteiger partial charge in [0.15, 0.2) is 5.78 Å². The van der Waals surface area contributed by atoms with Gasteiger partial charge in [0.2, 0.25) is 5.17 Å². The van der Waals surface area contributed by atoms with Crippen LogP contribution in [0.5, 0.6) is 5.75 Å². The van der Waals surface area contributed by atoms with Gasteiger partial charge in [0.25, 0.3) is 0 Å². The molecule has 0 fully saturated rings. The fourth-order valence-corrected chi connectivity index (χ4v) is 2.92. The summed E-state index contributed by atoms with van der Waals surface area (Å²) < 4.78 is 0. The van der Waals surface area contributed by atoms with Crippen LogP contribution in [0.4, 0.5) is 11.4 Å². The summed E-state index contributed by atoms with van der Waals surface area (Å²) in [4.78, 5) is 16.6. The summed E-state index contributed by atoms with van der Waals surface area (Å²) in [7, 11) is 0. The number of phenols is 1. The van der Waals surface area contributed by atoms with Crippen molar-refractivity contribution in [2.75, 3.05) is 6.26 Å². The fourth-order valence-electron chi connectivity index (χ4n) is 2.62. The van der Waals surface area contributed by atoms with Gasteiger partial charge in [-0.05, 0) is 43.5 Å². The molecule has 0 saturated carbocycles. The summed E-state index contributed by atoms with van der Waals surface area (Å²) in [6.45, 7) is 1.75. The molecule has 0 heterocycles. The summed E-state index contributed by atoms with van der Waals surface area (Å²) >= 11 is 1.32. The van der Waals surface area contributed by atoms with Crippen molar-refractivity contribution in [3.8, 4) is 5.75 Å². The first-order chi connectivity index (χ1) is 16.0. The zero-order valence-corrected chi connectivity index (χ0v) is 19.0. The minimum Gasteiger partial charge on any atom is -0.507 e. The van der Waals surface area contributed by atoms with Crippen LogP contribution in [0, 0.1) is 0 Å². The lowest BCUT2D eigenvalue weighted by Gasteiger charge is -2.03. The van der Waals surface area contributed by atoms with Gasteiger partial charge in [0, 0.05) is 29.1 Å². The summed E-state index contributed by atoms with van der Waals surface area (Å²) in [6.07, 6.45) is 4.81. The van der Waals surface area contributed by atoms with E-state index in [1.807, 2.05) is 54.8 Å². The first-order valence-electron chi connectivity index (χ1n) is 10.0. The number of nitrogens with zero attached hydrogens (tertiary/aromatic N) is 4. The van der Waals surface area contributed by atoms with Gasteiger partial charge >= 0.3 is 0 Å². The molecule has 3 aromatic rings. The molecule has 8 heteroatoms. The third-order valence-corrected chi connectivity index (χ3v) is 4.84. The first-order valence-corrected chi connectivity index (χ1v) is 11.3. The van der Waals surface area contributed by atoms with E-state index in [0.29, 0.717) is 27.7 Å². The van der Waals surface area contributed by atoms with Crippen molar-refractivity contribution in [2.45, 2.75) is 6.92 Å². The highest BCUT2D eigenvalue weighted by Crippen LogP contribution is 2.24. The Bertz CT molecular complexity index is 1210. The molecule has 7 nitrogen and oxygen atoms in total. The number of benzene rings is 3. The zero-order valence-electron chi connectivity index (χ0n) is 18.2. The predicted octanol–water partition coefficient (Wildman–Crippen LogP) is 6.24. The van der Waals surface area contributed by atoms with E-state index in [9.17, 15) is 9.90 Å². The number of hydrogen-bond acceptors (Lipinski definition) is 7. The third-order valence-electron chi connectivity index (χ3n) is 4.28. The van der Waals surface area contributed by atoms with E-state index in [0.717, 1.165) is 5.69 Å². The van der Waals surface area contributed by atoms with Crippen molar-refractivity contribution in [3.63, 3.8) is 0 Å². The quantitative estimate of drug-likeness (QED) is 0.110. The third kappa shape index (κ3) is 7.55. The van der Waals surface area contributed by atoms with Gasteiger partial charge in [-0.15, -0.1) is 5.10 Å². The van der Waals surface area contributed by atoms with Crippen LogP contribution in [-0.4, -0.2) is 28.5 Å². The molecule has 0 saturated heterocycles. The number of hydrogen-bond donors (Lipinski definition) is 2. The molecule has 0 aliphatic rings. The monoisotopic (exact) mass is 457 g/mol. The number of phenolic OH excluding ortho intramolecular Hbond substituents is 1. The summed E-state index contributed by atoms with van der Waals surface area (Å²) in [5, 5.41) is 23.2. The van der Waals surface area contributed by atoms with Crippen LogP contribution >= 0.6 is 11.8 Å². The Hall–Kier alpha value is -4.04. The molecule has 33 heavy (non-hydrogen) atoms. The zero-order chi connectivity index (χ0) is 23.5. The topological polar surface area (TPSA) is 98.8 Å². The van der Waals surface area contributed by atoms with Crippen LogP contribution in [0.15, 0.2) is 111 Å².